The Morgan fingerprint density at radius 3 is 2.50 bits per heavy atom. The first-order valence-electron chi connectivity index (χ1n) is 10.2. The molecule has 0 spiro atoms. The number of phenolic OH excluding ortho intramolecular Hbond substituents is 1. The number of methoxy groups -OCH3 is 1. The zero-order chi connectivity index (χ0) is 24.1. The molecule has 4 aromatic carbocycles. The molecule has 0 saturated heterocycles. The van der Waals surface area contributed by atoms with E-state index in [9.17, 15) is 14.3 Å². The third-order valence-electron chi connectivity index (χ3n) is 5.04. The van der Waals surface area contributed by atoms with Crippen LogP contribution in [0.15, 0.2) is 82.4 Å². The molecule has 0 aliphatic rings. The lowest BCUT2D eigenvalue weighted by atomic mass is 10.1. The summed E-state index contributed by atoms with van der Waals surface area (Å²) in [5.74, 6) is -0.0390. The van der Waals surface area contributed by atoms with Crippen LogP contribution in [0.3, 0.4) is 0 Å². The van der Waals surface area contributed by atoms with Gasteiger partial charge in [-0.25, -0.2) is 9.82 Å². The van der Waals surface area contributed by atoms with Crippen molar-refractivity contribution in [1.29, 1.82) is 0 Å². The minimum Gasteiger partial charge on any atom is -0.507 e. The molecule has 4 rings (SSSR count). The minimum absolute atomic E-state index is 0.124. The second kappa shape index (κ2) is 10.4. The maximum absolute atomic E-state index is 13.1. The molecule has 0 radical (unpaired) electrons. The van der Waals surface area contributed by atoms with Gasteiger partial charge < -0.3 is 14.6 Å². The van der Waals surface area contributed by atoms with Crippen LogP contribution in [0.1, 0.15) is 21.5 Å². The summed E-state index contributed by atoms with van der Waals surface area (Å²) >= 11 is 3.47. The van der Waals surface area contributed by atoms with Crippen LogP contribution in [0, 0.1) is 5.82 Å². The van der Waals surface area contributed by atoms with E-state index in [1.807, 2.05) is 24.3 Å². The van der Waals surface area contributed by atoms with E-state index in [-0.39, 0.29) is 23.7 Å². The van der Waals surface area contributed by atoms with Crippen LogP contribution in [-0.4, -0.2) is 24.3 Å². The van der Waals surface area contributed by atoms with Crippen LogP contribution < -0.4 is 14.9 Å². The maximum atomic E-state index is 13.1. The lowest BCUT2D eigenvalue weighted by Gasteiger charge is -2.13. The first-order chi connectivity index (χ1) is 16.4. The summed E-state index contributed by atoms with van der Waals surface area (Å²) < 4.78 is 25.0. The van der Waals surface area contributed by atoms with Crippen LogP contribution in [0.2, 0.25) is 0 Å². The number of hydrazone groups is 1. The van der Waals surface area contributed by atoms with E-state index < -0.39 is 5.91 Å². The van der Waals surface area contributed by atoms with E-state index in [1.54, 1.807) is 36.4 Å². The van der Waals surface area contributed by atoms with Gasteiger partial charge in [0.1, 0.15) is 18.2 Å². The number of ether oxygens (including phenoxy) is 2. The molecule has 0 bridgehead atoms. The molecule has 0 heterocycles. The van der Waals surface area contributed by atoms with Gasteiger partial charge in [-0.1, -0.05) is 36.4 Å². The molecule has 0 saturated carbocycles. The van der Waals surface area contributed by atoms with E-state index in [0.29, 0.717) is 21.5 Å². The van der Waals surface area contributed by atoms with E-state index in [0.717, 1.165) is 16.3 Å². The van der Waals surface area contributed by atoms with E-state index >= 15 is 0 Å². The SMILES string of the molecule is COc1cc(C=NNC(=O)c2cc3ccccc3cc2O)cc(Br)c1OCc1ccc(F)cc1. The fraction of sp³-hybridized carbons (Fsp3) is 0.0769. The lowest BCUT2D eigenvalue weighted by Crippen LogP contribution is -2.17. The molecule has 1 amide bonds. The van der Waals surface area contributed by atoms with Gasteiger partial charge in [-0.2, -0.15) is 5.10 Å². The topological polar surface area (TPSA) is 80.2 Å². The quantitative estimate of drug-likeness (QED) is 0.237. The Labute approximate surface area is 203 Å². The number of carbonyl (C=O) groups excluding carboxylic acids is 1. The number of aromatic hydroxyl groups is 1. The fourth-order valence-corrected chi connectivity index (χ4v) is 3.90. The number of rotatable bonds is 7. The second-order valence-electron chi connectivity index (χ2n) is 7.36. The molecule has 172 valence electrons. The summed E-state index contributed by atoms with van der Waals surface area (Å²) in [6, 6.07) is 20.1. The standard InChI is InChI=1S/C26H20BrFN2O4/c1-33-24-11-17(10-22(27)25(24)34-15-16-6-8-20(28)9-7-16)14-29-30-26(32)21-12-18-4-2-3-5-19(18)13-23(21)31/h2-14,31H,15H2,1H3,(H,30,32). The van der Waals surface area contributed by atoms with Crippen molar-refractivity contribution in [2.45, 2.75) is 6.61 Å². The Bertz CT molecular complexity index is 1370. The maximum Gasteiger partial charge on any atom is 0.275 e. The highest BCUT2D eigenvalue weighted by Gasteiger charge is 2.13. The predicted molar refractivity (Wildman–Crippen MR) is 132 cm³/mol. The summed E-state index contributed by atoms with van der Waals surface area (Å²) in [6.07, 6.45) is 1.45. The molecule has 2 N–H and O–H groups in total. The highest BCUT2D eigenvalue weighted by atomic mass is 79.9. The molecule has 0 unspecified atom stereocenters. The van der Waals surface area contributed by atoms with Crippen LogP contribution in [-0.2, 0) is 6.61 Å². The van der Waals surface area contributed by atoms with Gasteiger partial charge in [-0.05, 0) is 74.2 Å². The number of fused-ring (bicyclic) bond motifs is 1. The van der Waals surface area contributed by atoms with Gasteiger partial charge in [0, 0.05) is 0 Å². The molecule has 34 heavy (non-hydrogen) atoms. The van der Waals surface area contributed by atoms with Crippen molar-refractivity contribution >= 4 is 38.8 Å². The molecular formula is C26H20BrFN2O4. The van der Waals surface area contributed by atoms with Crippen molar-refractivity contribution in [1.82, 2.24) is 5.43 Å². The third kappa shape index (κ3) is 5.35. The zero-order valence-corrected chi connectivity index (χ0v) is 19.7. The number of phenols is 1. The summed E-state index contributed by atoms with van der Waals surface area (Å²) in [7, 11) is 1.51. The van der Waals surface area contributed by atoms with Crippen molar-refractivity contribution in [3.8, 4) is 17.2 Å². The number of hydrogen-bond acceptors (Lipinski definition) is 5. The number of carbonyl (C=O) groups is 1. The summed E-state index contributed by atoms with van der Waals surface area (Å²) in [4.78, 5) is 12.5. The van der Waals surface area contributed by atoms with Crippen molar-refractivity contribution < 1.29 is 23.8 Å². The van der Waals surface area contributed by atoms with E-state index in [1.165, 1.54) is 25.5 Å². The highest BCUT2D eigenvalue weighted by Crippen LogP contribution is 2.37. The van der Waals surface area contributed by atoms with Gasteiger partial charge in [-0.3, -0.25) is 4.79 Å². The van der Waals surface area contributed by atoms with Gasteiger partial charge in [0.05, 0.1) is 23.4 Å². The smallest absolute Gasteiger partial charge is 0.275 e. The Balaban J connectivity index is 1.46. The molecule has 8 heteroatoms. The number of halogens is 2. The Morgan fingerprint density at radius 1 is 1.09 bits per heavy atom. The molecule has 0 atom stereocenters. The minimum atomic E-state index is -0.537. The van der Waals surface area contributed by atoms with Gasteiger partial charge >= 0.3 is 0 Å². The van der Waals surface area contributed by atoms with Gasteiger partial charge in [0.2, 0.25) is 0 Å². The first kappa shape index (κ1) is 23.3. The fourth-order valence-electron chi connectivity index (χ4n) is 3.33. The third-order valence-corrected chi connectivity index (χ3v) is 5.63. The van der Waals surface area contributed by atoms with Crippen molar-refractivity contribution in [3.63, 3.8) is 0 Å². The number of nitrogens with zero attached hydrogens (tertiary/aromatic N) is 1. The van der Waals surface area contributed by atoms with Gasteiger partial charge in [0.25, 0.3) is 5.91 Å². The lowest BCUT2D eigenvalue weighted by molar-refractivity contribution is 0.0952. The highest BCUT2D eigenvalue weighted by molar-refractivity contribution is 9.10. The molecule has 6 nitrogen and oxygen atoms in total. The Morgan fingerprint density at radius 2 is 1.79 bits per heavy atom. The summed E-state index contributed by atoms with van der Waals surface area (Å²) in [5.41, 5.74) is 4.00. The normalized spacial score (nSPS) is 11.0. The van der Waals surface area contributed by atoms with Crippen LogP contribution in [0.4, 0.5) is 4.39 Å². The van der Waals surface area contributed by atoms with Gasteiger partial charge in [-0.15, -0.1) is 0 Å². The molecule has 0 aliphatic carbocycles. The average molecular weight is 523 g/mol. The number of amides is 1. The average Bonchev–Trinajstić information content (AvgIpc) is 2.83. The van der Waals surface area contributed by atoms with Crippen molar-refractivity contribution in [2.75, 3.05) is 7.11 Å². The zero-order valence-electron chi connectivity index (χ0n) is 18.1. The predicted octanol–water partition coefficient (Wildman–Crippen LogP) is 5.80. The summed E-state index contributed by atoms with van der Waals surface area (Å²) in [5, 5.41) is 15.9. The monoisotopic (exact) mass is 522 g/mol. The van der Waals surface area contributed by atoms with Crippen molar-refractivity contribution in [3.05, 3.63) is 99.8 Å². The molecule has 0 fully saturated rings. The largest absolute Gasteiger partial charge is 0.507 e. The number of hydrogen-bond donors (Lipinski definition) is 2. The van der Waals surface area contributed by atoms with Crippen LogP contribution in [0.5, 0.6) is 17.2 Å². The number of benzene rings is 4. The molecule has 0 aliphatic heterocycles. The Kier molecular flexibility index (Phi) is 7.08. The second-order valence-corrected chi connectivity index (χ2v) is 8.22. The summed E-state index contributed by atoms with van der Waals surface area (Å²) in [6.45, 7) is 0.230. The first-order valence-corrected chi connectivity index (χ1v) is 11.0. The van der Waals surface area contributed by atoms with Gasteiger partial charge in [0.15, 0.2) is 11.5 Å². The molecular weight excluding hydrogens is 503 g/mol. The van der Waals surface area contributed by atoms with E-state index in [4.69, 9.17) is 9.47 Å². The van der Waals surface area contributed by atoms with Crippen molar-refractivity contribution in [2.24, 2.45) is 5.10 Å². The molecule has 0 aromatic heterocycles. The molecule has 4 aromatic rings. The van der Waals surface area contributed by atoms with Crippen LogP contribution in [0.25, 0.3) is 10.8 Å². The van der Waals surface area contributed by atoms with Crippen LogP contribution >= 0.6 is 15.9 Å². The Hall–Kier alpha value is -3.91. The number of nitrogens with one attached hydrogen (secondary N) is 1. The van der Waals surface area contributed by atoms with E-state index in [2.05, 4.69) is 26.5 Å².